The van der Waals surface area contributed by atoms with Crippen molar-refractivity contribution in [1.82, 2.24) is 10.2 Å². The quantitative estimate of drug-likeness (QED) is 0.402. The van der Waals surface area contributed by atoms with Crippen molar-refractivity contribution in [2.75, 3.05) is 20.7 Å². The van der Waals surface area contributed by atoms with Crippen molar-refractivity contribution < 1.29 is 9.53 Å². The Morgan fingerprint density at radius 3 is 2.64 bits per heavy atom. The van der Waals surface area contributed by atoms with E-state index in [-0.39, 0.29) is 0 Å². The standard InChI is InChI=1S/C20H29N3O2/c1-7-12-23(5)17(4)16(3)20(21-14-24)22-15(2)13-18-10-8-9-11-19(18)25-6/h8-11,14H,4,7,12-13H2,1-3,5-6H3,(H,21,24)/b20-16+,22-15?. The highest BCUT2D eigenvalue weighted by atomic mass is 16.5. The predicted molar refractivity (Wildman–Crippen MR) is 104 cm³/mol. The lowest BCUT2D eigenvalue weighted by Gasteiger charge is -2.22. The molecule has 0 bridgehead atoms. The summed E-state index contributed by atoms with van der Waals surface area (Å²) < 4.78 is 5.38. The van der Waals surface area contributed by atoms with E-state index in [1.807, 2.05) is 45.2 Å². The molecule has 0 spiro atoms. The number of methoxy groups -OCH3 is 1. The summed E-state index contributed by atoms with van der Waals surface area (Å²) in [6.07, 6.45) is 2.31. The smallest absolute Gasteiger partial charge is 0.212 e. The van der Waals surface area contributed by atoms with E-state index in [9.17, 15) is 4.79 Å². The Bertz CT molecular complexity index is 663. The number of hydrogen-bond donors (Lipinski definition) is 1. The molecule has 136 valence electrons. The molecule has 1 rings (SSSR count). The number of carbonyl (C=O) groups is 1. The summed E-state index contributed by atoms with van der Waals surface area (Å²) in [6, 6.07) is 7.84. The van der Waals surface area contributed by atoms with Gasteiger partial charge in [0.1, 0.15) is 11.6 Å². The van der Waals surface area contributed by atoms with E-state index in [2.05, 4.69) is 28.7 Å². The lowest BCUT2D eigenvalue weighted by atomic mass is 10.1. The van der Waals surface area contributed by atoms with Crippen LogP contribution in [0, 0.1) is 0 Å². The van der Waals surface area contributed by atoms with E-state index in [0.29, 0.717) is 18.7 Å². The van der Waals surface area contributed by atoms with Gasteiger partial charge in [-0.3, -0.25) is 4.79 Å². The average Bonchev–Trinajstić information content (AvgIpc) is 2.60. The first kappa shape index (κ1) is 20.5. The van der Waals surface area contributed by atoms with Crippen molar-refractivity contribution in [2.24, 2.45) is 4.99 Å². The van der Waals surface area contributed by atoms with Crippen LogP contribution in [-0.2, 0) is 11.2 Å². The maximum absolute atomic E-state index is 11.0. The van der Waals surface area contributed by atoms with E-state index >= 15 is 0 Å². The Hall–Kier alpha value is -2.56. The number of hydrogen-bond acceptors (Lipinski definition) is 4. The van der Waals surface area contributed by atoms with Crippen molar-refractivity contribution in [1.29, 1.82) is 0 Å². The van der Waals surface area contributed by atoms with Gasteiger partial charge in [-0.25, -0.2) is 4.99 Å². The molecule has 1 N–H and O–H groups in total. The summed E-state index contributed by atoms with van der Waals surface area (Å²) >= 11 is 0. The van der Waals surface area contributed by atoms with Gasteiger partial charge >= 0.3 is 0 Å². The number of carbonyl (C=O) groups excluding carboxylic acids is 1. The highest BCUT2D eigenvalue weighted by Gasteiger charge is 2.10. The Morgan fingerprint density at radius 2 is 2.04 bits per heavy atom. The fraction of sp³-hybridized carbons (Fsp3) is 0.400. The number of nitrogens with zero attached hydrogens (tertiary/aromatic N) is 2. The maximum atomic E-state index is 11.0. The number of amides is 1. The van der Waals surface area contributed by atoms with Crippen LogP contribution in [0.15, 0.2) is 52.9 Å². The summed E-state index contributed by atoms with van der Waals surface area (Å²) in [6.45, 7) is 11.0. The van der Waals surface area contributed by atoms with E-state index < -0.39 is 0 Å². The minimum Gasteiger partial charge on any atom is -0.496 e. The van der Waals surface area contributed by atoms with Gasteiger partial charge in [0.15, 0.2) is 0 Å². The normalized spacial score (nSPS) is 12.3. The zero-order valence-corrected chi connectivity index (χ0v) is 15.9. The predicted octanol–water partition coefficient (Wildman–Crippen LogP) is 3.53. The lowest BCUT2D eigenvalue weighted by molar-refractivity contribution is -0.108. The number of likely N-dealkylation sites (N-methyl/N-ethyl adjacent to an activating group) is 1. The highest BCUT2D eigenvalue weighted by molar-refractivity contribution is 5.86. The number of benzene rings is 1. The van der Waals surface area contributed by atoms with Gasteiger partial charge in [0, 0.05) is 37.0 Å². The van der Waals surface area contributed by atoms with Gasteiger partial charge in [-0.05, 0) is 31.9 Å². The Balaban J connectivity index is 3.08. The molecule has 0 fully saturated rings. The first-order valence-electron chi connectivity index (χ1n) is 8.42. The topological polar surface area (TPSA) is 53.9 Å². The molecular weight excluding hydrogens is 314 g/mol. The lowest BCUT2D eigenvalue weighted by Crippen LogP contribution is -2.21. The molecule has 0 heterocycles. The molecule has 25 heavy (non-hydrogen) atoms. The van der Waals surface area contributed by atoms with Crippen LogP contribution >= 0.6 is 0 Å². The van der Waals surface area contributed by atoms with Gasteiger partial charge < -0.3 is 15.0 Å². The van der Waals surface area contributed by atoms with Crippen molar-refractivity contribution in [3.8, 4) is 5.75 Å². The molecule has 0 saturated heterocycles. The summed E-state index contributed by atoms with van der Waals surface area (Å²) in [5, 5.41) is 2.70. The molecule has 0 aliphatic carbocycles. The molecule has 0 radical (unpaired) electrons. The monoisotopic (exact) mass is 343 g/mol. The molecular formula is C20H29N3O2. The van der Waals surface area contributed by atoms with Crippen LogP contribution in [-0.4, -0.2) is 37.7 Å². The van der Waals surface area contributed by atoms with Crippen molar-refractivity contribution >= 4 is 12.1 Å². The van der Waals surface area contributed by atoms with E-state index in [1.165, 1.54) is 0 Å². The van der Waals surface area contributed by atoms with Crippen LogP contribution in [0.2, 0.25) is 0 Å². The average molecular weight is 343 g/mol. The van der Waals surface area contributed by atoms with Crippen molar-refractivity contribution in [3.63, 3.8) is 0 Å². The molecule has 1 aromatic carbocycles. The van der Waals surface area contributed by atoms with Crippen LogP contribution in [0.1, 0.15) is 32.8 Å². The Kier molecular flexibility index (Phi) is 8.47. The molecule has 1 aromatic rings. The second-order valence-corrected chi connectivity index (χ2v) is 5.94. The number of aliphatic imine (C=N–C) groups is 1. The highest BCUT2D eigenvalue weighted by Crippen LogP contribution is 2.20. The summed E-state index contributed by atoms with van der Waals surface area (Å²) in [5.74, 6) is 1.35. The van der Waals surface area contributed by atoms with Crippen molar-refractivity contribution in [2.45, 2.75) is 33.6 Å². The van der Waals surface area contributed by atoms with Crippen molar-refractivity contribution in [3.05, 3.63) is 53.5 Å². The SMILES string of the molecule is C=C(/C(C)=C(/N=C(C)Cc1ccccc1OC)NC=O)N(C)CCC. The third-order valence-electron chi connectivity index (χ3n) is 3.94. The zero-order valence-electron chi connectivity index (χ0n) is 15.9. The van der Waals surface area contributed by atoms with Gasteiger partial charge in [-0.1, -0.05) is 31.7 Å². The molecule has 0 aliphatic rings. The minimum absolute atomic E-state index is 0.523. The molecule has 5 nitrogen and oxygen atoms in total. The fourth-order valence-electron chi connectivity index (χ4n) is 2.53. The summed E-state index contributed by atoms with van der Waals surface area (Å²) in [7, 11) is 3.64. The molecule has 0 unspecified atom stereocenters. The van der Waals surface area contributed by atoms with Crippen LogP contribution < -0.4 is 10.1 Å². The third-order valence-corrected chi connectivity index (χ3v) is 3.94. The van der Waals surface area contributed by atoms with E-state index in [0.717, 1.165) is 41.3 Å². The maximum Gasteiger partial charge on any atom is 0.212 e. The number of rotatable bonds is 10. The summed E-state index contributed by atoms with van der Waals surface area (Å²) in [5.41, 5.74) is 3.62. The molecule has 5 heteroatoms. The second kappa shape index (κ2) is 10.3. The Labute approximate surface area is 151 Å². The second-order valence-electron chi connectivity index (χ2n) is 5.94. The number of nitrogens with one attached hydrogen (secondary N) is 1. The number of allylic oxidation sites excluding steroid dienone is 1. The van der Waals surface area contributed by atoms with Crippen LogP contribution in [0.3, 0.4) is 0 Å². The van der Waals surface area contributed by atoms with Gasteiger partial charge in [0.05, 0.1) is 7.11 Å². The van der Waals surface area contributed by atoms with E-state index in [1.54, 1.807) is 7.11 Å². The first-order chi connectivity index (χ1) is 11.9. The first-order valence-corrected chi connectivity index (χ1v) is 8.42. The van der Waals surface area contributed by atoms with Gasteiger partial charge in [-0.2, -0.15) is 0 Å². The van der Waals surface area contributed by atoms with Crippen LogP contribution in [0.25, 0.3) is 0 Å². The minimum atomic E-state index is 0.523. The molecule has 0 aromatic heterocycles. The Morgan fingerprint density at radius 1 is 1.36 bits per heavy atom. The molecule has 0 aliphatic heterocycles. The molecule has 1 amide bonds. The van der Waals surface area contributed by atoms with Crippen LogP contribution in [0.4, 0.5) is 0 Å². The van der Waals surface area contributed by atoms with Crippen LogP contribution in [0.5, 0.6) is 5.75 Å². The largest absolute Gasteiger partial charge is 0.496 e. The van der Waals surface area contributed by atoms with Gasteiger partial charge in [-0.15, -0.1) is 0 Å². The van der Waals surface area contributed by atoms with E-state index in [4.69, 9.17) is 4.74 Å². The number of para-hydroxylation sites is 1. The summed E-state index contributed by atoms with van der Waals surface area (Å²) in [4.78, 5) is 17.7. The molecule has 0 saturated carbocycles. The fourth-order valence-corrected chi connectivity index (χ4v) is 2.53. The molecule has 0 atom stereocenters. The third kappa shape index (κ3) is 6.10. The zero-order chi connectivity index (χ0) is 18.8. The number of ether oxygens (including phenoxy) is 1. The van der Waals surface area contributed by atoms with Gasteiger partial charge in [0.2, 0.25) is 6.41 Å². The van der Waals surface area contributed by atoms with Gasteiger partial charge in [0.25, 0.3) is 0 Å².